The molecule has 164 valence electrons. The zero-order chi connectivity index (χ0) is 22.2. The van der Waals surface area contributed by atoms with Gasteiger partial charge >= 0.3 is 6.03 Å². The number of amides is 2. The van der Waals surface area contributed by atoms with Crippen molar-refractivity contribution in [3.05, 3.63) is 42.6 Å². The Labute approximate surface area is 182 Å². The minimum atomic E-state index is -3.21. The molecule has 2 heterocycles. The summed E-state index contributed by atoms with van der Waals surface area (Å²) in [5.41, 5.74) is 7.24. The molecule has 0 spiro atoms. The molecule has 1 aromatic heterocycles. The number of pyridine rings is 1. The van der Waals surface area contributed by atoms with Gasteiger partial charge in [-0.2, -0.15) is 4.99 Å². The first-order valence-corrected chi connectivity index (χ1v) is 12.2. The van der Waals surface area contributed by atoms with Gasteiger partial charge in [0.1, 0.15) is 11.6 Å². The van der Waals surface area contributed by atoms with Gasteiger partial charge in [-0.05, 0) is 36.1 Å². The Bertz CT molecular complexity index is 1090. The Kier molecular flexibility index (Phi) is 5.70. The average molecular weight is 443 g/mol. The summed E-state index contributed by atoms with van der Waals surface area (Å²) in [6, 6.07) is 10.1. The SMILES string of the molecule is CCC(N)=NC(=O)N1CC2C(COc3ccc(-c4ccc(S(C)(=O)=O)cc4)nc3)C2C1. The van der Waals surface area contributed by atoms with Crippen molar-refractivity contribution in [3.8, 4) is 17.0 Å². The Morgan fingerprint density at radius 2 is 1.87 bits per heavy atom. The third kappa shape index (κ3) is 4.71. The van der Waals surface area contributed by atoms with Crippen molar-refractivity contribution in [2.45, 2.75) is 18.2 Å². The number of piperidine rings is 1. The van der Waals surface area contributed by atoms with Crippen LogP contribution >= 0.6 is 0 Å². The normalized spacial score (nSPS) is 22.8. The number of nitrogens with zero attached hydrogens (tertiary/aromatic N) is 3. The minimum Gasteiger partial charge on any atom is -0.492 e. The van der Waals surface area contributed by atoms with Crippen molar-refractivity contribution in [3.63, 3.8) is 0 Å². The van der Waals surface area contributed by atoms with E-state index in [1.54, 1.807) is 35.4 Å². The highest BCUT2D eigenvalue weighted by Crippen LogP contribution is 2.51. The number of likely N-dealkylation sites (tertiary alicyclic amines) is 1. The van der Waals surface area contributed by atoms with E-state index < -0.39 is 9.84 Å². The van der Waals surface area contributed by atoms with E-state index >= 15 is 0 Å². The molecule has 1 saturated carbocycles. The van der Waals surface area contributed by atoms with Crippen LogP contribution in [0.2, 0.25) is 0 Å². The topological polar surface area (TPSA) is 115 Å². The van der Waals surface area contributed by atoms with Crippen LogP contribution < -0.4 is 10.5 Å². The third-order valence-corrected chi connectivity index (χ3v) is 7.13. The second kappa shape index (κ2) is 8.30. The average Bonchev–Trinajstić information content (AvgIpc) is 3.20. The molecule has 31 heavy (non-hydrogen) atoms. The number of amidine groups is 1. The number of hydrogen-bond donors (Lipinski definition) is 1. The van der Waals surface area contributed by atoms with E-state index in [4.69, 9.17) is 10.5 Å². The van der Waals surface area contributed by atoms with Gasteiger partial charge in [0.15, 0.2) is 9.84 Å². The summed E-state index contributed by atoms with van der Waals surface area (Å²) in [6.45, 7) is 3.89. The van der Waals surface area contributed by atoms with Crippen LogP contribution in [-0.2, 0) is 9.84 Å². The van der Waals surface area contributed by atoms with Crippen LogP contribution in [0.25, 0.3) is 11.3 Å². The number of benzene rings is 1. The number of hydrogen-bond acceptors (Lipinski definition) is 5. The molecule has 1 saturated heterocycles. The minimum absolute atomic E-state index is 0.240. The molecule has 2 atom stereocenters. The fourth-order valence-electron chi connectivity index (χ4n) is 4.03. The summed E-state index contributed by atoms with van der Waals surface area (Å²) in [5, 5.41) is 0. The standard InChI is InChI=1S/C22H26N4O4S/c1-3-21(23)25-22(27)26-11-17-18(12-26)19(17)13-30-15-6-9-20(24-10-15)14-4-7-16(8-5-14)31(2,28)29/h4-10,17-19H,3,11-13H2,1-2H3,(H2,23,25,27). The Morgan fingerprint density at radius 3 is 2.42 bits per heavy atom. The van der Waals surface area contributed by atoms with Crippen LogP contribution in [0.15, 0.2) is 52.5 Å². The fourth-order valence-corrected chi connectivity index (χ4v) is 4.66. The van der Waals surface area contributed by atoms with Gasteiger partial charge in [-0.1, -0.05) is 19.1 Å². The lowest BCUT2D eigenvalue weighted by Gasteiger charge is -2.17. The number of sulfone groups is 1. The maximum Gasteiger partial charge on any atom is 0.345 e. The molecule has 1 aliphatic carbocycles. The number of ether oxygens (including phenoxy) is 1. The molecular weight excluding hydrogens is 416 g/mol. The number of carbonyl (C=O) groups is 1. The van der Waals surface area contributed by atoms with E-state index in [0.29, 0.717) is 55.5 Å². The maximum absolute atomic E-state index is 12.1. The van der Waals surface area contributed by atoms with E-state index in [9.17, 15) is 13.2 Å². The lowest BCUT2D eigenvalue weighted by atomic mass is 10.1. The molecule has 2 fully saturated rings. The Morgan fingerprint density at radius 1 is 1.19 bits per heavy atom. The molecule has 0 radical (unpaired) electrons. The van der Waals surface area contributed by atoms with E-state index in [-0.39, 0.29) is 10.9 Å². The van der Waals surface area contributed by atoms with E-state index in [1.807, 2.05) is 19.1 Å². The highest BCUT2D eigenvalue weighted by atomic mass is 32.2. The number of aromatic nitrogens is 1. The van der Waals surface area contributed by atoms with Crippen molar-refractivity contribution in [2.24, 2.45) is 28.5 Å². The maximum atomic E-state index is 12.1. The zero-order valence-electron chi connectivity index (χ0n) is 17.6. The first-order chi connectivity index (χ1) is 14.8. The molecule has 1 aromatic carbocycles. The van der Waals surface area contributed by atoms with Crippen LogP contribution in [0.3, 0.4) is 0 Å². The van der Waals surface area contributed by atoms with Crippen LogP contribution in [0.4, 0.5) is 4.79 Å². The van der Waals surface area contributed by atoms with Crippen LogP contribution in [-0.4, -0.2) is 56.1 Å². The largest absolute Gasteiger partial charge is 0.492 e. The lowest BCUT2D eigenvalue weighted by Crippen LogP contribution is -2.31. The number of fused-ring (bicyclic) bond motifs is 1. The summed E-state index contributed by atoms with van der Waals surface area (Å²) in [6.07, 6.45) is 3.43. The van der Waals surface area contributed by atoms with Gasteiger partial charge in [-0.25, -0.2) is 13.2 Å². The van der Waals surface area contributed by atoms with Crippen molar-refractivity contribution in [1.82, 2.24) is 9.88 Å². The van der Waals surface area contributed by atoms with Crippen LogP contribution in [0, 0.1) is 17.8 Å². The summed E-state index contributed by atoms with van der Waals surface area (Å²) in [4.78, 5) is 22.5. The zero-order valence-corrected chi connectivity index (χ0v) is 18.4. The Hall–Kier alpha value is -2.94. The number of rotatable bonds is 6. The predicted octanol–water partition coefficient (Wildman–Crippen LogP) is 2.60. The molecule has 2 N–H and O–H groups in total. The van der Waals surface area contributed by atoms with Gasteiger partial charge in [-0.3, -0.25) is 4.98 Å². The van der Waals surface area contributed by atoms with Gasteiger partial charge in [0.05, 0.1) is 23.4 Å². The number of nitrogens with two attached hydrogens (primary N) is 1. The summed E-state index contributed by atoms with van der Waals surface area (Å²) < 4.78 is 29.1. The molecule has 1 aliphatic heterocycles. The number of carbonyl (C=O) groups excluding carboxylic acids is 1. The van der Waals surface area contributed by atoms with Crippen molar-refractivity contribution >= 4 is 21.7 Å². The molecule has 8 nitrogen and oxygen atoms in total. The van der Waals surface area contributed by atoms with Gasteiger partial charge in [0, 0.05) is 37.2 Å². The van der Waals surface area contributed by atoms with E-state index in [0.717, 1.165) is 11.3 Å². The summed E-state index contributed by atoms with van der Waals surface area (Å²) >= 11 is 0. The van der Waals surface area contributed by atoms with E-state index in [1.165, 1.54) is 6.26 Å². The first kappa shape index (κ1) is 21.3. The fraction of sp³-hybridized carbons (Fsp3) is 0.409. The molecular formula is C22H26N4O4S. The third-order valence-electron chi connectivity index (χ3n) is 6.00. The molecule has 2 amide bonds. The first-order valence-electron chi connectivity index (χ1n) is 10.3. The smallest absolute Gasteiger partial charge is 0.345 e. The Balaban J connectivity index is 1.28. The lowest BCUT2D eigenvalue weighted by molar-refractivity contribution is 0.203. The molecule has 0 bridgehead atoms. The summed E-state index contributed by atoms with van der Waals surface area (Å²) in [5.74, 6) is 2.42. The number of urea groups is 1. The molecule has 2 aliphatic rings. The van der Waals surface area contributed by atoms with Gasteiger partial charge in [0.25, 0.3) is 0 Å². The van der Waals surface area contributed by atoms with Crippen LogP contribution in [0.1, 0.15) is 13.3 Å². The van der Waals surface area contributed by atoms with Gasteiger partial charge < -0.3 is 15.4 Å². The second-order valence-corrected chi connectivity index (χ2v) is 10.1. The molecule has 4 rings (SSSR count). The summed E-state index contributed by atoms with van der Waals surface area (Å²) in [7, 11) is -3.21. The number of aliphatic imine (C=N–C) groups is 1. The van der Waals surface area contributed by atoms with Crippen molar-refractivity contribution < 1.29 is 17.9 Å². The van der Waals surface area contributed by atoms with Crippen LogP contribution in [0.5, 0.6) is 5.75 Å². The second-order valence-electron chi connectivity index (χ2n) is 8.12. The highest BCUT2D eigenvalue weighted by molar-refractivity contribution is 7.90. The predicted molar refractivity (Wildman–Crippen MR) is 118 cm³/mol. The van der Waals surface area contributed by atoms with Gasteiger partial charge in [-0.15, -0.1) is 0 Å². The molecule has 2 aromatic rings. The molecule has 2 unspecified atom stereocenters. The van der Waals surface area contributed by atoms with Crippen molar-refractivity contribution in [1.29, 1.82) is 0 Å². The van der Waals surface area contributed by atoms with Crippen molar-refractivity contribution in [2.75, 3.05) is 26.0 Å². The van der Waals surface area contributed by atoms with Gasteiger partial charge in [0.2, 0.25) is 0 Å². The van der Waals surface area contributed by atoms with E-state index in [2.05, 4.69) is 9.98 Å². The highest BCUT2D eigenvalue weighted by Gasteiger charge is 2.56. The molecule has 9 heteroatoms. The monoisotopic (exact) mass is 442 g/mol. The quantitative estimate of drug-likeness (QED) is 0.543.